The van der Waals surface area contributed by atoms with Crippen LogP contribution in [0.5, 0.6) is 0 Å². The molecule has 0 radical (unpaired) electrons. The first-order chi connectivity index (χ1) is 9.12. The summed E-state index contributed by atoms with van der Waals surface area (Å²) in [6.07, 6.45) is 3.24. The molecule has 7 heteroatoms. The standard InChI is InChI=1S/C12H21N3O2S2/c1-4-14-12(3,10(16)17-5-2)7-6-8-18-11-13-9-15-19-11/h9,14H,4-8H2,1-3H3. The maximum atomic E-state index is 12.0. The molecule has 1 rings (SSSR count). The molecule has 0 bridgehead atoms. The van der Waals surface area contributed by atoms with Crippen LogP contribution in [-0.2, 0) is 9.53 Å². The van der Waals surface area contributed by atoms with Crippen LogP contribution < -0.4 is 5.32 Å². The Morgan fingerprint density at radius 1 is 1.58 bits per heavy atom. The van der Waals surface area contributed by atoms with E-state index < -0.39 is 5.54 Å². The van der Waals surface area contributed by atoms with Crippen LogP contribution in [0.15, 0.2) is 10.7 Å². The van der Waals surface area contributed by atoms with Crippen molar-refractivity contribution in [1.29, 1.82) is 0 Å². The van der Waals surface area contributed by atoms with Gasteiger partial charge in [-0.05, 0) is 44.8 Å². The molecular weight excluding hydrogens is 282 g/mol. The highest BCUT2D eigenvalue weighted by Crippen LogP contribution is 2.22. The summed E-state index contributed by atoms with van der Waals surface area (Å²) in [6, 6.07) is 0. The Morgan fingerprint density at radius 2 is 2.37 bits per heavy atom. The van der Waals surface area contributed by atoms with Crippen LogP contribution in [0, 0.1) is 0 Å². The quantitative estimate of drug-likeness (QED) is 0.429. The average Bonchev–Trinajstić information content (AvgIpc) is 2.88. The second kappa shape index (κ2) is 8.50. The zero-order valence-corrected chi connectivity index (χ0v) is 13.3. The molecule has 1 N–H and O–H groups in total. The minimum atomic E-state index is -0.591. The second-order valence-electron chi connectivity index (χ2n) is 4.24. The minimum absolute atomic E-state index is 0.169. The number of hydrogen-bond donors (Lipinski definition) is 1. The summed E-state index contributed by atoms with van der Waals surface area (Å²) in [5.41, 5.74) is -0.591. The van der Waals surface area contributed by atoms with Crippen LogP contribution in [0.4, 0.5) is 0 Å². The fourth-order valence-corrected chi connectivity index (χ4v) is 3.21. The molecule has 1 heterocycles. The molecule has 0 spiro atoms. The maximum Gasteiger partial charge on any atom is 0.326 e. The number of esters is 1. The third-order valence-corrected chi connectivity index (χ3v) is 4.56. The number of likely N-dealkylation sites (N-methyl/N-ethyl adjacent to an activating group) is 1. The first-order valence-corrected chi connectivity index (χ1v) is 8.20. The van der Waals surface area contributed by atoms with Crippen molar-refractivity contribution in [3.05, 3.63) is 6.33 Å². The van der Waals surface area contributed by atoms with Crippen LogP contribution in [0.3, 0.4) is 0 Å². The van der Waals surface area contributed by atoms with Gasteiger partial charge in [0.2, 0.25) is 0 Å². The Balaban J connectivity index is 2.38. The number of thioether (sulfide) groups is 1. The van der Waals surface area contributed by atoms with Gasteiger partial charge in [0, 0.05) is 5.75 Å². The van der Waals surface area contributed by atoms with E-state index in [1.807, 2.05) is 20.8 Å². The van der Waals surface area contributed by atoms with Gasteiger partial charge in [-0.15, -0.1) is 0 Å². The highest BCUT2D eigenvalue weighted by molar-refractivity contribution is 8.00. The lowest BCUT2D eigenvalue weighted by Crippen LogP contribution is -2.50. The molecule has 1 aromatic heterocycles. The van der Waals surface area contributed by atoms with Crippen molar-refractivity contribution >= 4 is 29.3 Å². The number of ether oxygens (including phenoxy) is 1. The Kier molecular flexibility index (Phi) is 7.33. The number of carbonyl (C=O) groups is 1. The molecule has 1 atom stereocenters. The number of nitrogens with one attached hydrogen (secondary N) is 1. The fraction of sp³-hybridized carbons (Fsp3) is 0.750. The lowest BCUT2D eigenvalue weighted by molar-refractivity contribution is -0.150. The van der Waals surface area contributed by atoms with E-state index in [1.165, 1.54) is 11.5 Å². The molecule has 0 amide bonds. The van der Waals surface area contributed by atoms with Crippen molar-refractivity contribution in [1.82, 2.24) is 14.7 Å². The average molecular weight is 303 g/mol. The summed E-state index contributed by atoms with van der Waals surface area (Å²) in [7, 11) is 0. The minimum Gasteiger partial charge on any atom is -0.465 e. The summed E-state index contributed by atoms with van der Waals surface area (Å²) >= 11 is 3.08. The Bertz CT molecular complexity index is 373. The third kappa shape index (κ3) is 5.46. The van der Waals surface area contributed by atoms with Crippen LogP contribution >= 0.6 is 23.3 Å². The van der Waals surface area contributed by atoms with Gasteiger partial charge in [-0.25, -0.2) is 4.98 Å². The molecule has 0 saturated carbocycles. The van der Waals surface area contributed by atoms with Gasteiger partial charge in [0.15, 0.2) is 4.34 Å². The third-order valence-electron chi connectivity index (χ3n) is 2.68. The monoisotopic (exact) mass is 303 g/mol. The Morgan fingerprint density at radius 3 is 2.95 bits per heavy atom. The molecule has 19 heavy (non-hydrogen) atoms. The number of hydrogen-bond acceptors (Lipinski definition) is 7. The van der Waals surface area contributed by atoms with Gasteiger partial charge >= 0.3 is 5.97 Å². The Labute approximate surface area is 122 Å². The summed E-state index contributed by atoms with van der Waals surface area (Å²) in [5, 5.41) is 3.23. The Hall–Kier alpha value is -0.660. The lowest BCUT2D eigenvalue weighted by Gasteiger charge is -2.28. The van der Waals surface area contributed by atoms with E-state index in [4.69, 9.17) is 4.74 Å². The van der Waals surface area contributed by atoms with Crippen molar-refractivity contribution in [3.63, 3.8) is 0 Å². The summed E-state index contributed by atoms with van der Waals surface area (Å²) in [6.45, 7) is 6.89. The van der Waals surface area contributed by atoms with Crippen molar-refractivity contribution in [2.75, 3.05) is 18.9 Å². The zero-order valence-electron chi connectivity index (χ0n) is 11.6. The van der Waals surface area contributed by atoms with Gasteiger partial charge in [-0.3, -0.25) is 4.79 Å². The highest BCUT2D eigenvalue weighted by atomic mass is 32.2. The number of carbonyl (C=O) groups excluding carboxylic acids is 1. The van der Waals surface area contributed by atoms with Crippen molar-refractivity contribution < 1.29 is 9.53 Å². The van der Waals surface area contributed by atoms with Crippen molar-refractivity contribution in [3.8, 4) is 0 Å². The van der Waals surface area contributed by atoms with E-state index in [2.05, 4.69) is 14.7 Å². The molecule has 1 unspecified atom stereocenters. The van der Waals surface area contributed by atoms with Crippen molar-refractivity contribution in [2.45, 2.75) is 43.5 Å². The number of rotatable bonds is 9. The molecule has 0 aromatic carbocycles. The van der Waals surface area contributed by atoms with Crippen LogP contribution in [0.2, 0.25) is 0 Å². The van der Waals surface area contributed by atoms with Gasteiger partial charge in [0.1, 0.15) is 11.9 Å². The van der Waals surface area contributed by atoms with E-state index in [0.29, 0.717) is 6.61 Å². The van der Waals surface area contributed by atoms with E-state index in [1.54, 1.807) is 18.1 Å². The van der Waals surface area contributed by atoms with Gasteiger partial charge in [0.25, 0.3) is 0 Å². The summed E-state index contributed by atoms with van der Waals surface area (Å²) in [5.74, 6) is 0.757. The first-order valence-electron chi connectivity index (χ1n) is 6.44. The topological polar surface area (TPSA) is 64.1 Å². The first kappa shape index (κ1) is 16.4. The molecule has 1 aromatic rings. The predicted octanol–water partition coefficient (Wildman–Crippen LogP) is 2.34. The summed E-state index contributed by atoms with van der Waals surface area (Å²) in [4.78, 5) is 16.1. The van der Waals surface area contributed by atoms with Gasteiger partial charge < -0.3 is 10.1 Å². The molecule has 0 saturated heterocycles. The molecule has 108 valence electrons. The van der Waals surface area contributed by atoms with Gasteiger partial charge in [0.05, 0.1) is 6.61 Å². The number of nitrogens with zero attached hydrogens (tertiary/aromatic N) is 2. The largest absolute Gasteiger partial charge is 0.465 e. The number of aromatic nitrogens is 2. The molecular formula is C12H21N3O2S2. The van der Waals surface area contributed by atoms with Gasteiger partial charge in [-0.2, -0.15) is 4.37 Å². The smallest absolute Gasteiger partial charge is 0.326 e. The van der Waals surface area contributed by atoms with Crippen LogP contribution in [0.25, 0.3) is 0 Å². The van der Waals surface area contributed by atoms with Gasteiger partial charge in [-0.1, -0.05) is 18.7 Å². The summed E-state index contributed by atoms with van der Waals surface area (Å²) < 4.78 is 10.1. The van der Waals surface area contributed by atoms with Crippen molar-refractivity contribution in [2.24, 2.45) is 0 Å². The predicted molar refractivity (Wildman–Crippen MR) is 78.6 cm³/mol. The normalized spacial score (nSPS) is 14.1. The SMILES string of the molecule is CCNC(C)(CCCSc1ncns1)C(=O)OCC. The second-order valence-corrected chi connectivity index (χ2v) is 6.36. The van der Waals surface area contributed by atoms with E-state index in [9.17, 15) is 4.79 Å². The molecule has 0 aliphatic rings. The molecule has 0 fully saturated rings. The van der Waals surface area contributed by atoms with Crippen LogP contribution in [0.1, 0.15) is 33.6 Å². The van der Waals surface area contributed by atoms with E-state index in [0.717, 1.165) is 29.5 Å². The van der Waals surface area contributed by atoms with E-state index in [-0.39, 0.29) is 5.97 Å². The fourth-order valence-electron chi connectivity index (χ4n) is 1.75. The maximum absolute atomic E-state index is 12.0. The lowest BCUT2D eigenvalue weighted by atomic mass is 9.96. The van der Waals surface area contributed by atoms with E-state index >= 15 is 0 Å². The highest BCUT2D eigenvalue weighted by Gasteiger charge is 2.32. The molecule has 5 nitrogen and oxygen atoms in total. The zero-order chi connectivity index (χ0) is 14.1. The molecule has 0 aliphatic heterocycles. The molecule has 0 aliphatic carbocycles. The van der Waals surface area contributed by atoms with Crippen LogP contribution in [-0.4, -0.2) is 39.8 Å².